The van der Waals surface area contributed by atoms with Gasteiger partial charge in [-0.05, 0) is 37.6 Å². The molecule has 1 heterocycles. The number of carbonyl (C=O) groups excluding carboxylic acids is 1. The third-order valence-corrected chi connectivity index (χ3v) is 5.03. The smallest absolute Gasteiger partial charge is 0.258 e. The van der Waals surface area contributed by atoms with Crippen molar-refractivity contribution in [1.29, 1.82) is 0 Å². The zero-order valence-electron chi connectivity index (χ0n) is 13.6. The quantitative estimate of drug-likeness (QED) is 0.767. The van der Waals surface area contributed by atoms with E-state index >= 15 is 0 Å². The van der Waals surface area contributed by atoms with Crippen molar-refractivity contribution in [3.05, 3.63) is 53.9 Å². The van der Waals surface area contributed by atoms with Crippen molar-refractivity contribution in [3.8, 4) is 0 Å². The highest BCUT2D eigenvalue weighted by atomic mass is 32.2. The third-order valence-electron chi connectivity index (χ3n) is 3.45. The second kappa shape index (κ2) is 7.66. The van der Waals surface area contributed by atoms with Crippen LogP contribution in [0.15, 0.2) is 41.4 Å². The molecule has 1 aromatic carbocycles. The predicted octanol–water partition coefficient (Wildman–Crippen LogP) is 2.69. The zero-order valence-corrected chi connectivity index (χ0v) is 14.4. The first-order valence-electron chi connectivity index (χ1n) is 7.47. The van der Waals surface area contributed by atoms with Gasteiger partial charge in [-0.25, -0.2) is 22.5 Å². The number of hydrogen-bond acceptors (Lipinski definition) is 4. The molecule has 1 unspecified atom stereocenters. The maximum atomic E-state index is 14.0. The first kappa shape index (κ1) is 18.9. The summed E-state index contributed by atoms with van der Waals surface area (Å²) in [5, 5.41) is 2.30. The van der Waals surface area contributed by atoms with Crippen LogP contribution in [0.25, 0.3) is 0 Å². The van der Waals surface area contributed by atoms with Crippen LogP contribution in [0.3, 0.4) is 0 Å². The van der Waals surface area contributed by atoms with Gasteiger partial charge in [-0.15, -0.1) is 0 Å². The average Bonchev–Trinajstić information content (AvgIpc) is 2.54. The summed E-state index contributed by atoms with van der Waals surface area (Å²) in [5.74, 6) is -2.61. The Bertz CT molecular complexity index is 888. The Morgan fingerprint density at radius 2 is 1.96 bits per heavy atom. The summed E-state index contributed by atoms with van der Waals surface area (Å²) in [6.45, 7) is 3.50. The van der Waals surface area contributed by atoms with E-state index in [-0.39, 0.29) is 16.6 Å². The highest BCUT2D eigenvalue weighted by Gasteiger charge is 2.21. The minimum Gasteiger partial charge on any atom is -0.322 e. The van der Waals surface area contributed by atoms with Gasteiger partial charge in [0, 0.05) is 24.0 Å². The maximum Gasteiger partial charge on any atom is 0.258 e. The van der Waals surface area contributed by atoms with E-state index in [1.165, 1.54) is 6.07 Å². The number of pyridine rings is 1. The molecule has 1 atom stereocenters. The van der Waals surface area contributed by atoms with Crippen LogP contribution in [0.4, 0.5) is 14.5 Å². The van der Waals surface area contributed by atoms with Crippen molar-refractivity contribution < 1.29 is 22.0 Å². The summed E-state index contributed by atoms with van der Waals surface area (Å²) >= 11 is 0. The van der Waals surface area contributed by atoms with Crippen LogP contribution in [0.5, 0.6) is 0 Å². The summed E-state index contributed by atoms with van der Waals surface area (Å²) in [5.41, 5.74) is -0.396. The number of aromatic nitrogens is 1. The molecule has 2 rings (SSSR count). The summed E-state index contributed by atoms with van der Waals surface area (Å²) in [7, 11) is -3.89. The molecular weight excluding hydrogens is 352 g/mol. The van der Waals surface area contributed by atoms with Gasteiger partial charge in [0.25, 0.3) is 5.91 Å². The molecule has 0 saturated carbocycles. The van der Waals surface area contributed by atoms with Crippen molar-refractivity contribution in [2.24, 2.45) is 0 Å². The Hall–Kier alpha value is -2.39. The van der Waals surface area contributed by atoms with Crippen molar-refractivity contribution >= 4 is 21.6 Å². The first-order chi connectivity index (χ1) is 11.7. The van der Waals surface area contributed by atoms with Gasteiger partial charge in [0.1, 0.15) is 5.82 Å². The fourth-order valence-corrected chi connectivity index (χ4v) is 3.29. The molecule has 6 nitrogen and oxygen atoms in total. The van der Waals surface area contributed by atoms with Crippen molar-refractivity contribution in [2.45, 2.75) is 31.2 Å². The summed E-state index contributed by atoms with van der Waals surface area (Å²) in [6.07, 6.45) is 1.71. The number of hydrogen-bond donors (Lipinski definition) is 2. The lowest BCUT2D eigenvalue weighted by Gasteiger charge is -2.13. The van der Waals surface area contributed by atoms with Gasteiger partial charge in [0.2, 0.25) is 16.0 Å². The van der Waals surface area contributed by atoms with Crippen LogP contribution in [0.1, 0.15) is 30.6 Å². The number of halogens is 2. The van der Waals surface area contributed by atoms with Gasteiger partial charge in [-0.1, -0.05) is 6.92 Å². The van der Waals surface area contributed by atoms with Crippen LogP contribution < -0.4 is 10.0 Å². The van der Waals surface area contributed by atoms with E-state index in [0.29, 0.717) is 6.42 Å². The molecule has 0 aliphatic carbocycles. The number of carbonyl (C=O) groups is 1. The van der Waals surface area contributed by atoms with E-state index in [1.807, 2.05) is 6.92 Å². The largest absolute Gasteiger partial charge is 0.322 e. The van der Waals surface area contributed by atoms with Crippen molar-refractivity contribution in [2.75, 3.05) is 5.32 Å². The number of anilines is 1. The topological polar surface area (TPSA) is 88.2 Å². The summed E-state index contributed by atoms with van der Waals surface area (Å²) in [6, 6.07) is 4.88. The number of amides is 1. The molecule has 2 N–H and O–H groups in total. The van der Waals surface area contributed by atoms with Gasteiger partial charge in [0.15, 0.2) is 0 Å². The van der Waals surface area contributed by atoms with E-state index in [9.17, 15) is 22.0 Å². The van der Waals surface area contributed by atoms with Gasteiger partial charge >= 0.3 is 0 Å². The van der Waals surface area contributed by atoms with Gasteiger partial charge in [-0.3, -0.25) is 4.79 Å². The summed E-state index contributed by atoms with van der Waals surface area (Å²) in [4.78, 5) is 15.3. The number of nitrogens with one attached hydrogen (secondary N) is 2. The Kier molecular flexibility index (Phi) is 5.81. The van der Waals surface area contributed by atoms with E-state index in [2.05, 4.69) is 15.0 Å². The van der Waals surface area contributed by atoms with Crippen molar-refractivity contribution in [3.63, 3.8) is 0 Å². The molecule has 9 heteroatoms. The molecule has 2 aromatic rings. The standard InChI is InChI=1S/C16H17F2N3O3S/c1-3-10(2)21-25(23,24)12-4-5-14(17)13(9-12)16(22)20-11-6-7-19-15(18)8-11/h4-10,21H,3H2,1-2H3,(H,19,20,22). The third kappa shape index (κ3) is 4.80. The van der Waals surface area contributed by atoms with E-state index in [4.69, 9.17) is 0 Å². The highest BCUT2D eigenvalue weighted by molar-refractivity contribution is 7.89. The Balaban J connectivity index is 2.31. The second-order valence-corrected chi connectivity index (χ2v) is 7.11. The molecule has 0 radical (unpaired) electrons. The molecule has 0 bridgehead atoms. The number of benzene rings is 1. The van der Waals surface area contributed by atoms with Gasteiger partial charge < -0.3 is 5.32 Å². The van der Waals surface area contributed by atoms with Crippen LogP contribution in [-0.4, -0.2) is 25.4 Å². The molecule has 134 valence electrons. The molecule has 0 aliphatic heterocycles. The fraction of sp³-hybridized carbons (Fsp3) is 0.250. The van der Waals surface area contributed by atoms with Gasteiger partial charge in [0.05, 0.1) is 10.5 Å². The number of rotatable bonds is 6. The molecule has 1 amide bonds. The lowest BCUT2D eigenvalue weighted by atomic mass is 10.2. The van der Waals surface area contributed by atoms with E-state index in [0.717, 1.165) is 30.5 Å². The van der Waals surface area contributed by atoms with E-state index in [1.54, 1.807) is 6.92 Å². The summed E-state index contributed by atoms with van der Waals surface area (Å²) < 4.78 is 54.0. The van der Waals surface area contributed by atoms with Crippen molar-refractivity contribution in [1.82, 2.24) is 9.71 Å². The molecule has 0 fully saturated rings. The number of nitrogens with zero attached hydrogens (tertiary/aromatic N) is 1. The van der Waals surface area contributed by atoms with Crippen LogP contribution in [-0.2, 0) is 10.0 Å². The Morgan fingerprint density at radius 3 is 2.60 bits per heavy atom. The first-order valence-corrected chi connectivity index (χ1v) is 8.96. The molecule has 0 spiro atoms. The lowest BCUT2D eigenvalue weighted by molar-refractivity contribution is 0.102. The lowest BCUT2D eigenvalue weighted by Crippen LogP contribution is -2.32. The molecule has 1 aromatic heterocycles. The fourth-order valence-electron chi connectivity index (χ4n) is 1.94. The Morgan fingerprint density at radius 1 is 1.24 bits per heavy atom. The maximum absolute atomic E-state index is 14.0. The molecule has 0 saturated heterocycles. The minimum atomic E-state index is -3.89. The SMILES string of the molecule is CCC(C)NS(=O)(=O)c1ccc(F)c(C(=O)Nc2ccnc(F)c2)c1. The monoisotopic (exact) mass is 369 g/mol. The molecule has 25 heavy (non-hydrogen) atoms. The zero-order chi connectivity index (χ0) is 18.6. The highest BCUT2D eigenvalue weighted by Crippen LogP contribution is 2.18. The van der Waals surface area contributed by atoms with Gasteiger partial charge in [-0.2, -0.15) is 4.39 Å². The minimum absolute atomic E-state index is 0.0721. The number of sulfonamides is 1. The average molecular weight is 369 g/mol. The van der Waals surface area contributed by atoms with Crippen LogP contribution >= 0.6 is 0 Å². The Labute approximate surface area is 144 Å². The molecule has 0 aliphatic rings. The second-order valence-electron chi connectivity index (χ2n) is 5.39. The van der Waals surface area contributed by atoms with Crippen LogP contribution in [0, 0.1) is 11.8 Å². The van der Waals surface area contributed by atoms with Crippen LogP contribution in [0.2, 0.25) is 0 Å². The predicted molar refractivity (Wildman–Crippen MR) is 88.6 cm³/mol. The van der Waals surface area contributed by atoms with E-state index < -0.39 is 33.3 Å². The normalized spacial score (nSPS) is 12.6. The molecular formula is C16H17F2N3O3S.